The molecule has 31 heavy (non-hydrogen) atoms. The summed E-state index contributed by atoms with van der Waals surface area (Å²) in [5.74, 6) is 0. The Morgan fingerprint density at radius 3 is 2.10 bits per heavy atom. The van der Waals surface area contributed by atoms with E-state index in [0.717, 1.165) is 32.5 Å². The van der Waals surface area contributed by atoms with Crippen LogP contribution in [0.4, 0.5) is 0 Å². The third-order valence-corrected chi connectivity index (χ3v) is 7.04. The summed E-state index contributed by atoms with van der Waals surface area (Å²) in [6.07, 6.45) is 2.24. The van der Waals surface area contributed by atoms with Crippen molar-refractivity contribution in [3.63, 3.8) is 0 Å². The van der Waals surface area contributed by atoms with Crippen LogP contribution in [-0.2, 0) is 21.7 Å². The summed E-state index contributed by atoms with van der Waals surface area (Å²) in [5, 5.41) is 3.75. The first-order chi connectivity index (χ1) is 15.3. The Morgan fingerprint density at radius 2 is 1.42 bits per heavy atom. The standard InChI is InChI=1S/C27H28N2O2/c1-3-9-20(10-4-1)24(21-11-5-2-6-12-21)28-25-26(31-25)29-17-15-27(16-18-29)23-14-8-7-13-22(23)19-30-27/h1-14,24-26,28H,15-19H2. The van der Waals surface area contributed by atoms with Crippen molar-refractivity contribution in [3.05, 3.63) is 107 Å². The normalized spacial score (nSPS) is 24.4. The smallest absolute Gasteiger partial charge is 0.153 e. The molecule has 3 aromatic carbocycles. The molecule has 4 heteroatoms. The van der Waals surface area contributed by atoms with Crippen LogP contribution in [0.15, 0.2) is 84.9 Å². The number of fused-ring (bicyclic) bond motifs is 2. The lowest BCUT2D eigenvalue weighted by atomic mass is 9.84. The van der Waals surface area contributed by atoms with Crippen molar-refractivity contribution in [1.82, 2.24) is 10.2 Å². The molecular weight excluding hydrogens is 384 g/mol. The zero-order valence-corrected chi connectivity index (χ0v) is 17.6. The Balaban J connectivity index is 1.13. The summed E-state index contributed by atoms with van der Waals surface area (Å²) in [4.78, 5) is 2.47. The van der Waals surface area contributed by atoms with Crippen LogP contribution in [0.2, 0.25) is 0 Å². The van der Waals surface area contributed by atoms with Crippen LogP contribution in [0.5, 0.6) is 0 Å². The van der Waals surface area contributed by atoms with Gasteiger partial charge in [-0.3, -0.25) is 10.2 Å². The largest absolute Gasteiger partial charge is 0.365 e. The van der Waals surface area contributed by atoms with E-state index < -0.39 is 0 Å². The van der Waals surface area contributed by atoms with Gasteiger partial charge in [0.2, 0.25) is 0 Å². The molecule has 2 unspecified atom stereocenters. The fourth-order valence-corrected chi connectivity index (χ4v) is 5.28. The van der Waals surface area contributed by atoms with Crippen LogP contribution in [0, 0.1) is 0 Å². The van der Waals surface area contributed by atoms with Crippen molar-refractivity contribution >= 4 is 0 Å². The predicted molar refractivity (Wildman–Crippen MR) is 120 cm³/mol. The topological polar surface area (TPSA) is 37.0 Å². The van der Waals surface area contributed by atoms with Crippen LogP contribution >= 0.6 is 0 Å². The molecule has 158 valence electrons. The van der Waals surface area contributed by atoms with Gasteiger partial charge in [-0.15, -0.1) is 0 Å². The molecule has 6 rings (SSSR count). The molecular formula is C27H28N2O2. The molecule has 2 fully saturated rings. The van der Waals surface area contributed by atoms with Gasteiger partial charge in [0.15, 0.2) is 12.5 Å². The molecule has 3 aromatic rings. The monoisotopic (exact) mass is 412 g/mol. The number of nitrogens with zero attached hydrogens (tertiary/aromatic N) is 1. The van der Waals surface area contributed by atoms with Gasteiger partial charge in [-0.2, -0.15) is 0 Å². The van der Waals surface area contributed by atoms with E-state index in [1.54, 1.807) is 0 Å². The van der Waals surface area contributed by atoms with E-state index in [2.05, 4.69) is 95.1 Å². The Labute approximate surface area is 183 Å². The lowest BCUT2D eigenvalue weighted by Crippen LogP contribution is -2.45. The molecule has 4 nitrogen and oxygen atoms in total. The number of rotatable bonds is 5. The first kappa shape index (κ1) is 19.2. The molecule has 3 aliphatic heterocycles. The number of likely N-dealkylation sites (tertiary alicyclic amines) is 1. The molecule has 1 spiro atoms. The molecule has 2 atom stereocenters. The molecule has 3 heterocycles. The second-order valence-corrected chi connectivity index (χ2v) is 8.84. The van der Waals surface area contributed by atoms with E-state index in [0.29, 0.717) is 0 Å². The minimum absolute atomic E-state index is 0.0521. The molecule has 0 bridgehead atoms. The molecule has 0 aliphatic carbocycles. The van der Waals surface area contributed by atoms with Crippen LogP contribution in [-0.4, -0.2) is 30.4 Å². The average molecular weight is 413 g/mol. The van der Waals surface area contributed by atoms with E-state index in [1.165, 1.54) is 22.3 Å². The molecule has 1 N–H and O–H groups in total. The molecule has 0 saturated carbocycles. The first-order valence-corrected chi connectivity index (χ1v) is 11.3. The number of hydrogen-bond donors (Lipinski definition) is 1. The van der Waals surface area contributed by atoms with Crippen molar-refractivity contribution in [2.24, 2.45) is 0 Å². The maximum absolute atomic E-state index is 6.32. The highest BCUT2D eigenvalue weighted by Crippen LogP contribution is 2.45. The van der Waals surface area contributed by atoms with Crippen molar-refractivity contribution in [2.75, 3.05) is 13.1 Å². The van der Waals surface area contributed by atoms with Gasteiger partial charge < -0.3 is 9.47 Å². The van der Waals surface area contributed by atoms with Crippen LogP contribution in [0.1, 0.15) is 41.1 Å². The molecule has 2 saturated heterocycles. The van der Waals surface area contributed by atoms with Crippen LogP contribution < -0.4 is 5.32 Å². The number of benzene rings is 3. The quantitative estimate of drug-likeness (QED) is 0.623. The summed E-state index contributed by atoms with van der Waals surface area (Å²) in [6.45, 7) is 2.74. The van der Waals surface area contributed by atoms with E-state index in [1.807, 2.05) is 0 Å². The predicted octanol–water partition coefficient (Wildman–Crippen LogP) is 4.57. The van der Waals surface area contributed by atoms with Crippen LogP contribution in [0.3, 0.4) is 0 Å². The summed E-state index contributed by atoms with van der Waals surface area (Å²) in [5.41, 5.74) is 5.18. The number of ether oxygens (including phenoxy) is 2. The first-order valence-electron chi connectivity index (χ1n) is 11.3. The van der Waals surface area contributed by atoms with Gasteiger partial charge in [-0.05, 0) is 35.1 Å². The Bertz CT molecular complexity index is 992. The summed E-state index contributed by atoms with van der Waals surface area (Å²) < 4.78 is 12.4. The SMILES string of the molecule is c1ccc(C(NC2OC2N2CCC3(CC2)OCc2ccccc23)c2ccccc2)cc1. The van der Waals surface area contributed by atoms with E-state index in [-0.39, 0.29) is 24.1 Å². The second kappa shape index (κ2) is 7.88. The Kier molecular flexibility index (Phi) is 4.88. The minimum Gasteiger partial charge on any atom is -0.365 e. The fourth-order valence-electron chi connectivity index (χ4n) is 5.28. The molecule has 3 aliphatic rings. The maximum atomic E-state index is 6.32. The number of nitrogens with one attached hydrogen (secondary N) is 1. The maximum Gasteiger partial charge on any atom is 0.153 e. The lowest BCUT2D eigenvalue weighted by Gasteiger charge is -2.38. The fraction of sp³-hybridized carbons (Fsp3) is 0.333. The van der Waals surface area contributed by atoms with Gasteiger partial charge in [-0.1, -0.05) is 84.9 Å². The van der Waals surface area contributed by atoms with E-state index >= 15 is 0 Å². The van der Waals surface area contributed by atoms with Crippen molar-refractivity contribution in [2.45, 2.75) is 43.5 Å². The second-order valence-electron chi connectivity index (χ2n) is 8.84. The third kappa shape index (κ3) is 3.60. The summed E-state index contributed by atoms with van der Waals surface area (Å²) in [6, 6.07) is 30.1. The van der Waals surface area contributed by atoms with Crippen molar-refractivity contribution in [1.29, 1.82) is 0 Å². The van der Waals surface area contributed by atoms with Crippen LogP contribution in [0.25, 0.3) is 0 Å². The lowest BCUT2D eigenvalue weighted by molar-refractivity contribution is -0.0840. The Hall–Kier alpha value is -2.50. The highest BCUT2D eigenvalue weighted by Gasteiger charge is 2.50. The highest BCUT2D eigenvalue weighted by atomic mass is 16.6. The molecule has 0 amide bonds. The third-order valence-electron chi connectivity index (χ3n) is 7.04. The zero-order chi connectivity index (χ0) is 20.7. The number of epoxide rings is 1. The van der Waals surface area contributed by atoms with Gasteiger partial charge in [-0.25, -0.2) is 0 Å². The molecule has 0 aromatic heterocycles. The van der Waals surface area contributed by atoms with Gasteiger partial charge in [0.1, 0.15) is 0 Å². The minimum atomic E-state index is -0.0957. The van der Waals surface area contributed by atoms with Gasteiger partial charge >= 0.3 is 0 Å². The highest BCUT2D eigenvalue weighted by molar-refractivity contribution is 5.36. The van der Waals surface area contributed by atoms with Gasteiger partial charge in [0.05, 0.1) is 18.2 Å². The van der Waals surface area contributed by atoms with Crippen molar-refractivity contribution < 1.29 is 9.47 Å². The zero-order valence-electron chi connectivity index (χ0n) is 17.6. The Morgan fingerprint density at radius 1 is 0.806 bits per heavy atom. The average Bonchev–Trinajstić information content (AvgIpc) is 3.53. The van der Waals surface area contributed by atoms with E-state index in [9.17, 15) is 0 Å². The van der Waals surface area contributed by atoms with Gasteiger partial charge in [0.25, 0.3) is 0 Å². The number of hydrogen-bond acceptors (Lipinski definition) is 4. The summed E-state index contributed by atoms with van der Waals surface area (Å²) in [7, 11) is 0. The van der Waals surface area contributed by atoms with Gasteiger partial charge in [0, 0.05) is 13.1 Å². The summed E-state index contributed by atoms with van der Waals surface area (Å²) >= 11 is 0. The van der Waals surface area contributed by atoms with E-state index in [4.69, 9.17) is 9.47 Å². The molecule has 0 radical (unpaired) electrons. The number of piperidine rings is 1. The van der Waals surface area contributed by atoms with Crippen molar-refractivity contribution in [3.8, 4) is 0 Å².